The molecule has 0 saturated carbocycles. The van der Waals surface area contributed by atoms with E-state index in [2.05, 4.69) is 17.1 Å². The molecule has 1 atom stereocenters. The van der Waals surface area contributed by atoms with Gasteiger partial charge in [-0.05, 0) is 43.7 Å². The largest absolute Gasteiger partial charge is 0.335 e. The van der Waals surface area contributed by atoms with Gasteiger partial charge in [-0.1, -0.05) is 6.07 Å². The molecule has 3 heterocycles. The van der Waals surface area contributed by atoms with E-state index in [4.69, 9.17) is 0 Å². The normalized spacial score (nSPS) is 19.6. The molecule has 1 aliphatic heterocycles. The van der Waals surface area contributed by atoms with Crippen molar-refractivity contribution in [2.45, 2.75) is 32.2 Å². The number of hydrogen-bond acceptors (Lipinski definition) is 3. The van der Waals surface area contributed by atoms with Crippen molar-refractivity contribution in [1.29, 1.82) is 0 Å². The molecule has 3 rings (SSSR count). The Labute approximate surface area is 116 Å². The van der Waals surface area contributed by atoms with Gasteiger partial charge in [-0.2, -0.15) is 5.10 Å². The highest BCUT2D eigenvalue weighted by atomic mass is 32.1. The van der Waals surface area contributed by atoms with Crippen LogP contribution in [0.25, 0.3) is 10.6 Å². The number of amides is 1. The van der Waals surface area contributed by atoms with Gasteiger partial charge in [-0.15, -0.1) is 11.3 Å². The third-order valence-electron chi connectivity index (χ3n) is 3.65. The summed E-state index contributed by atoms with van der Waals surface area (Å²) < 4.78 is 0. The summed E-state index contributed by atoms with van der Waals surface area (Å²) in [7, 11) is 0. The van der Waals surface area contributed by atoms with Crippen LogP contribution in [-0.4, -0.2) is 33.6 Å². The molecule has 1 N–H and O–H groups in total. The summed E-state index contributed by atoms with van der Waals surface area (Å²) in [5.41, 5.74) is 1.44. The fourth-order valence-electron chi connectivity index (χ4n) is 2.54. The highest BCUT2D eigenvalue weighted by molar-refractivity contribution is 7.13. The minimum atomic E-state index is 0.0475. The standard InChI is InChI=1S/C14H17N3OS/c1-10-5-2-3-7-17(10)14(18)12-9-11(15-16-12)13-6-4-8-19-13/h4,6,8-10H,2-3,5,7H2,1H3,(H,15,16). The fraction of sp³-hybridized carbons (Fsp3) is 0.429. The SMILES string of the molecule is CC1CCCCN1C(=O)c1cc(-c2cccs2)[nH]n1. The lowest BCUT2D eigenvalue weighted by atomic mass is 10.0. The smallest absolute Gasteiger partial charge is 0.274 e. The predicted octanol–water partition coefficient (Wildman–Crippen LogP) is 3.15. The molecule has 19 heavy (non-hydrogen) atoms. The van der Waals surface area contributed by atoms with Crippen molar-refractivity contribution >= 4 is 17.2 Å². The Balaban J connectivity index is 1.80. The number of hydrogen-bond donors (Lipinski definition) is 1. The van der Waals surface area contributed by atoms with E-state index >= 15 is 0 Å². The Morgan fingerprint density at radius 2 is 2.42 bits per heavy atom. The molecule has 0 spiro atoms. The molecule has 100 valence electrons. The van der Waals surface area contributed by atoms with Gasteiger partial charge < -0.3 is 4.90 Å². The average Bonchev–Trinajstić information content (AvgIpc) is 3.09. The summed E-state index contributed by atoms with van der Waals surface area (Å²) in [6.07, 6.45) is 3.40. The Hall–Kier alpha value is -1.62. The molecule has 1 fully saturated rings. The summed E-state index contributed by atoms with van der Waals surface area (Å²) in [4.78, 5) is 15.5. The van der Waals surface area contributed by atoms with Crippen molar-refractivity contribution in [3.05, 3.63) is 29.3 Å². The number of aromatic nitrogens is 2. The molecule has 1 saturated heterocycles. The Kier molecular flexibility index (Phi) is 3.38. The maximum absolute atomic E-state index is 12.4. The monoisotopic (exact) mass is 275 g/mol. The van der Waals surface area contributed by atoms with Gasteiger partial charge in [0.05, 0.1) is 10.6 Å². The second kappa shape index (κ2) is 5.17. The number of rotatable bonds is 2. The number of piperidine rings is 1. The summed E-state index contributed by atoms with van der Waals surface area (Å²) in [5.74, 6) is 0.0475. The van der Waals surface area contributed by atoms with Crippen molar-refractivity contribution in [2.75, 3.05) is 6.54 Å². The van der Waals surface area contributed by atoms with Gasteiger partial charge in [0.2, 0.25) is 0 Å². The highest BCUT2D eigenvalue weighted by Crippen LogP contribution is 2.24. The average molecular weight is 275 g/mol. The number of likely N-dealkylation sites (tertiary alicyclic amines) is 1. The van der Waals surface area contributed by atoms with Crippen LogP contribution in [0, 0.1) is 0 Å². The lowest BCUT2D eigenvalue weighted by Crippen LogP contribution is -2.42. The van der Waals surface area contributed by atoms with Crippen molar-refractivity contribution in [3.63, 3.8) is 0 Å². The number of thiophene rings is 1. The van der Waals surface area contributed by atoms with Crippen LogP contribution in [0.2, 0.25) is 0 Å². The highest BCUT2D eigenvalue weighted by Gasteiger charge is 2.25. The molecular weight excluding hydrogens is 258 g/mol. The van der Waals surface area contributed by atoms with E-state index in [-0.39, 0.29) is 5.91 Å². The number of H-pyrrole nitrogens is 1. The van der Waals surface area contributed by atoms with Crippen LogP contribution in [0.15, 0.2) is 23.6 Å². The molecule has 5 heteroatoms. The zero-order valence-corrected chi connectivity index (χ0v) is 11.7. The quantitative estimate of drug-likeness (QED) is 0.915. The Morgan fingerprint density at radius 1 is 1.53 bits per heavy atom. The van der Waals surface area contributed by atoms with Crippen LogP contribution in [0.5, 0.6) is 0 Å². The molecule has 0 bridgehead atoms. The van der Waals surface area contributed by atoms with Crippen molar-refractivity contribution in [1.82, 2.24) is 15.1 Å². The number of carbonyl (C=O) groups is 1. The van der Waals surface area contributed by atoms with Crippen molar-refractivity contribution < 1.29 is 4.79 Å². The lowest BCUT2D eigenvalue weighted by Gasteiger charge is -2.32. The van der Waals surface area contributed by atoms with Gasteiger partial charge in [-0.3, -0.25) is 9.89 Å². The fourth-order valence-corrected chi connectivity index (χ4v) is 3.23. The molecule has 2 aromatic rings. The third kappa shape index (κ3) is 2.42. The molecule has 2 aromatic heterocycles. The molecule has 1 amide bonds. The Morgan fingerprint density at radius 3 is 3.16 bits per heavy atom. The summed E-state index contributed by atoms with van der Waals surface area (Å²) in [6, 6.07) is 6.20. The van der Waals surface area contributed by atoms with Crippen LogP contribution in [0.1, 0.15) is 36.7 Å². The van der Waals surface area contributed by atoms with E-state index in [0.29, 0.717) is 11.7 Å². The Bertz CT molecular complexity index is 561. The van der Waals surface area contributed by atoms with Crippen LogP contribution in [-0.2, 0) is 0 Å². The summed E-state index contributed by atoms with van der Waals surface area (Å²) in [5, 5.41) is 9.15. The first-order valence-corrected chi connectivity index (χ1v) is 7.54. The third-order valence-corrected chi connectivity index (χ3v) is 4.55. The number of nitrogens with one attached hydrogen (secondary N) is 1. The molecule has 0 radical (unpaired) electrons. The maximum atomic E-state index is 12.4. The summed E-state index contributed by atoms with van der Waals surface area (Å²) in [6.45, 7) is 2.96. The van der Waals surface area contributed by atoms with E-state index in [9.17, 15) is 4.79 Å². The molecular formula is C14H17N3OS. The molecule has 0 aromatic carbocycles. The van der Waals surface area contributed by atoms with E-state index < -0.39 is 0 Å². The van der Waals surface area contributed by atoms with Crippen LogP contribution < -0.4 is 0 Å². The maximum Gasteiger partial charge on any atom is 0.274 e. The number of carbonyl (C=O) groups excluding carboxylic acids is 1. The zero-order valence-electron chi connectivity index (χ0n) is 10.9. The van der Waals surface area contributed by atoms with Crippen molar-refractivity contribution in [2.24, 2.45) is 0 Å². The number of nitrogens with zero attached hydrogens (tertiary/aromatic N) is 2. The van der Waals surface area contributed by atoms with Gasteiger partial charge in [-0.25, -0.2) is 0 Å². The predicted molar refractivity (Wildman–Crippen MR) is 76.3 cm³/mol. The van der Waals surface area contributed by atoms with E-state index in [0.717, 1.165) is 30.0 Å². The number of aromatic amines is 1. The first kappa shape index (κ1) is 12.4. The second-order valence-electron chi connectivity index (χ2n) is 4.99. The van der Waals surface area contributed by atoms with E-state index in [1.807, 2.05) is 28.5 Å². The minimum Gasteiger partial charge on any atom is -0.335 e. The summed E-state index contributed by atoms with van der Waals surface area (Å²) >= 11 is 1.64. The topological polar surface area (TPSA) is 49.0 Å². The van der Waals surface area contributed by atoms with Gasteiger partial charge in [0, 0.05) is 12.6 Å². The van der Waals surface area contributed by atoms with Crippen LogP contribution in [0.3, 0.4) is 0 Å². The molecule has 1 unspecified atom stereocenters. The first-order chi connectivity index (χ1) is 9.25. The van der Waals surface area contributed by atoms with Crippen LogP contribution in [0.4, 0.5) is 0 Å². The van der Waals surface area contributed by atoms with Gasteiger partial charge >= 0.3 is 0 Å². The lowest BCUT2D eigenvalue weighted by molar-refractivity contribution is 0.0629. The van der Waals surface area contributed by atoms with Gasteiger partial charge in [0.15, 0.2) is 5.69 Å². The molecule has 0 aliphatic carbocycles. The second-order valence-corrected chi connectivity index (χ2v) is 5.94. The van der Waals surface area contributed by atoms with Crippen molar-refractivity contribution in [3.8, 4) is 10.6 Å². The minimum absolute atomic E-state index is 0.0475. The zero-order chi connectivity index (χ0) is 13.2. The first-order valence-electron chi connectivity index (χ1n) is 6.66. The van der Waals surface area contributed by atoms with Crippen LogP contribution >= 0.6 is 11.3 Å². The van der Waals surface area contributed by atoms with E-state index in [1.165, 1.54) is 6.42 Å². The molecule has 1 aliphatic rings. The van der Waals surface area contributed by atoms with Gasteiger partial charge in [0.25, 0.3) is 5.91 Å². The van der Waals surface area contributed by atoms with E-state index in [1.54, 1.807) is 11.3 Å². The molecule has 4 nitrogen and oxygen atoms in total. The van der Waals surface area contributed by atoms with Gasteiger partial charge in [0.1, 0.15) is 0 Å².